The molecule has 0 saturated carbocycles. The number of hydrogen-bond donors (Lipinski definition) is 3. The van der Waals surface area contributed by atoms with Gasteiger partial charge in [0.05, 0.1) is 6.54 Å². The van der Waals surface area contributed by atoms with Gasteiger partial charge in [-0.1, -0.05) is 6.92 Å². The molecule has 0 bridgehead atoms. The topological polar surface area (TPSA) is 61.4 Å². The first-order valence-electron chi connectivity index (χ1n) is 6.06. The summed E-state index contributed by atoms with van der Waals surface area (Å²) in [6.07, 6.45) is 2.58. The van der Waals surface area contributed by atoms with Crippen LogP contribution in [0.2, 0.25) is 0 Å². The van der Waals surface area contributed by atoms with Gasteiger partial charge >= 0.3 is 0 Å². The number of nitrogens with one attached hydrogen (secondary N) is 2. The summed E-state index contributed by atoms with van der Waals surface area (Å²) in [7, 11) is 0. The van der Waals surface area contributed by atoms with Crippen LogP contribution in [-0.4, -0.2) is 35.7 Å². The second-order valence-corrected chi connectivity index (χ2v) is 4.93. The van der Waals surface area contributed by atoms with Crippen molar-refractivity contribution >= 4 is 5.91 Å². The van der Waals surface area contributed by atoms with Gasteiger partial charge in [-0.25, -0.2) is 0 Å². The Morgan fingerprint density at radius 3 is 2.56 bits per heavy atom. The first kappa shape index (κ1) is 15.4. The van der Waals surface area contributed by atoms with Crippen molar-refractivity contribution < 1.29 is 9.90 Å². The standard InChI is InChI=1S/C12H26N2O2/c1-5-12(3,4)14-11(16)9-13-10(2)7-6-8-15/h10,13,15H,5-9H2,1-4H3,(H,14,16). The first-order valence-corrected chi connectivity index (χ1v) is 6.06. The maximum absolute atomic E-state index is 11.6. The van der Waals surface area contributed by atoms with E-state index < -0.39 is 0 Å². The van der Waals surface area contributed by atoms with E-state index in [4.69, 9.17) is 5.11 Å². The molecule has 4 heteroatoms. The normalized spacial score (nSPS) is 13.6. The zero-order chi connectivity index (χ0) is 12.6. The molecule has 0 fully saturated rings. The Bertz CT molecular complexity index is 205. The van der Waals surface area contributed by atoms with Gasteiger partial charge < -0.3 is 15.7 Å². The largest absolute Gasteiger partial charge is 0.396 e. The van der Waals surface area contributed by atoms with Crippen LogP contribution in [0.1, 0.15) is 47.0 Å². The number of carbonyl (C=O) groups is 1. The molecule has 16 heavy (non-hydrogen) atoms. The molecule has 0 rings (SSSR count). The molecular weight excluding hydrogens is 204 g/mol. The molecule has 0 aromatic heterocycles. The van der Waals surface area contributed by atoms with E-state index in [1.54, 1.807) is 0 Å². The van der Waals surface area contributed by atoms with Crippen LogP contribution in [0.3, 0.4) is 0 Å². The summed E-state index contributed by atoms with van der Waals surface area (Å²) in [4.78, 5) is 11.6. The smallest absolute Gasteiger partial charge is 0.234 e. The molecule has 0 aliphatic heterocycles. The van der Waals surface area contributed by atoms with Gasteiger partial charge in [0.25, 0.3) is 0 Å². The third-order valence-corrected chi connectivity index (χ3v) is 2.77. The lowest BCUT2D eigenvalue weighted by Gasteiger charge is -2.25. The molecular formula is C12H26N2O2. The van der Waals surface area contributed by atoms with Crippen molar-refractivity contribution in [3.05, 3.63) is 0 Å². The van der Waals surface area contributed by atoms with Crippen molar-refractivity contribution in [3.63, 3.8) is 0 Å². The molecule has 0 radical (unpaired) electrons. The molecule has 0 heterocycles. The third-order valence-electron chi connectivity index (χ3n) is 2.77. The zero-order valence-corrected chi connectivity index (χ0v) is 11.0. The molecule has 1 unspecified atom stereocenters. The molecule has 0 aliphatic rings. The molecule has 0 aromatic carbocycles. The number of hydrogen-bond acceptors (Lipinski definition) is 3. The van der Waals surface area contributed by atoms with Gasteiger partial charge in [0, 0.05) is 18.2 Å². The van der Waals surface area contributed by atoms with E-state index in [-0.39, 0.29) is 24.1 Å². The monoisotopic (exact) mass is 230 g/mol. The molecule has 1 amide bonds. The lowest BCUT2D eigenvalue weighted by Crippen LogP contribution is -2.47. The molecule has 1 atom stereocenters. The van der Waals surface area contributed by atoms with Crippen LogP contribution in [0.25, 0.3) is 0 Å². The van der Waals surface area contributed by atoms with Crippen molar-refractivity contribution in [2.24, 2.45) is 0 Å². The van der Waals surface area contributed by atoms with E-state index in [1.807, 2.05) is 20.8 Å². The Morgan fingerprint density at radius 1 is 1.44 bits per heavy atom. The van der Waals surface area contributed by atoms with Crippen LogP contribution in [0.5, 0.6) is 0 Å². The van der Waals surface area contributed by atoms with E-state index >= 15 is 0 Å². The van der Waals surface area contributed by atoms with Gasteiger partial charge in [0.2, 0.25) is 5.91 Å². The third kappa shape index (κ3) is 7.65. The molecule has 4 nitrogen and oxygen atoms in total. The first-order chi connectivity index (χ1) is 7.41. The Hall–Kier alpha value is -0.610. The van der Waals surface area contributed by atoms with Crippen LogP contribution in [0, 0.1) is 0 Å². The van der Waals surface area contributed by atoms with E-state index in [9.17, 15) is 4.79 Å². The van der Waals surface area contributed by atoms with Crippen molar-refractivity contribution in [1.82, 2.24) is 10.6 Å². The maximum Gasteiger partial charge on any atom is 0.234 e. The van der Waals surface area contributed by atoms with Gasteiger partial charge in [-0.3, -0.25) is 4.79 Å². The second kappa shape index (κ2) is 7.63. The van der Waals surface area contributed by atoms with E-state index in [1.165, 1.54) is 0 Å². The molecule has 0 aromatic rings. The van der Waals surface area contributed by atoms with Crippen molar-refractivity contribution in [3.8, 4) is 0 Å². The summed E-state index contributed by atoms with van der Waals surface area (Å²) >= 11 is 0. The van der Waals surface area contributed by atoms with Gasteiger partial charge in [0.15, 0.2) is 0 Å². The summed E-state index contributed by atoms with van der Waals surface area (Å²) in [6.45, 7) is 8.66. The van der Waals surface area contributed by atoms with Gasteiger partial charge in [-0.05, 0) is 40.0 Å². The minimum absolute atomic E-state index is 0.0303. The SMILES string of the molecule is CCC(C)(C)NC(=O)CNC(C)CCCO. The van der Waals surface area contributed by atoms with Crippen molar-refractivity contribution in [2.45, 2.75) is 58.5 Å². The number of carbonyl (C=O) groups excluding carboxylic acids is 1. The molecule has 0 spiro atoms. The zero-order valence-electron chi connectivity index (χ0n) is 11.0. The second-order valence-electron chi connectivity index (χ2n) is 4.93. The highest BCUT2D eigenvalue weighted by atomic mass is 16.2. The fraction of sp³-hybridized carbons (Fsp3) is 0.917. The lowest BCUT2D eigenvalue weighted by molar-refractivity contribution is -0.122. The van der Waals surface area contributed by atoms with Crippen LogP contribution in [0.15, 0.2) is 0 Å². The molecule has 3 N–H and O–H groups in total. The van der Waals surface area contributed by atoms with E-state index in [0.29, 0.717) is 6.54 Å². The Labute approximate surface area is 98.8 Å². The predicted octanol–water partition coefficient (Wildman–Crippen LogP) is 1.04. The Balaban J connectivity index is 3.73. The average molecular weight is 230 g/mol. The number of aliphatic hydroxyl groups is 1. The van der Waals surface area contributed by atoms with Crippen LogP contribution in [-0.2, 0) is 4.79 Å². The molecule has 96 valence electrons. The lowest BCUT2D eigenvalue weighted by atomic mass is 10.0. The minimum atomic E-state index is -0.132. The summed E-state index contributed by atoms with van der Waals surface area (Å²) in [5.41, 5.74) is -0.132. The minimum Gasteiger partial charge on any atom is -0.396 e. The Kier molecular flexibility index (Phi) is 7.34. The van der Waals surface area contributed by atoms with Crippen LogP contribution < -0.4 is 10.6 Å². The van der Waals surface area contributed by atoms with E-state index in [0.717, 1.165) is 19.3 Å². The number of amides is 1. The maximum atomic E-state index is 11.6. The summed E-state index contributed by atoms with van der Waals surface area (Å²) < 4.78 is 0. The van der Waals surface area contributed by atoms with Gasteiger partial charge in [-0.15, -0.1) is 0 Å². The predicted molar refractivity (Wildman–Crippen MR) is 66.3 cm³/mol. The Morgan fingerprint density at radius 2 is 2.06 bits per heavy atom. The quantitative estimate of drug-likeness (QED) is 0.584. The molecule has 0 aliphatic carbocycles. The summed E-state index contributed by atoms with van der Waals surface area (Å²) in [6, 6.07) is 0.266. The highest BCUT2D eigenvalue weighted by molar-refractivity contribution is 5.78. The van der Waals surface area contributed by atoms with Crippen molar-refractivity contribution in [1.29, 1.82) is 0 Å². The number of aliphatic hydroxyl groups excluding tert-OH is 1. The average Bonchev–Trinajstić information content (AvgIpc) is 2.23. The van der Waals surface area contributed by atoms with Gasteiger partial charge in [0.1, 0.15) is 0 Å². The fourth-order valence-corrected chi connectivity index (χ4v) is 1.28. The fourth-order valence-electron chi connectivity index (χ4n) is 1.28. The summed E-state index contributed by atoms with van der Waals surface area (Å²) in [5.74, 6) is 0.0303. The highest BCUT2D eigenvalue weighted by Gasteiger charge is 2.17. The van der Waals surface area contributed by atoms with Gasteiger partial charge in [-0.2, -0.15) is 0 Å². The van der Waals surface area contributed by atoms with E-state index in [2.05, 4.69) is 17.6 Å². The van der Waals surface area contributed by atoms with Crippen LogP contribution in [0.4, 0.5) is 0 Å². The van der Waals surface area contributed by atoms with Crippen LogP contribution >= 0.6 is 0 Å². The highest BCUT2D eigenvalue weighted by Crippen LogP contribution is 2.05. The molecule has 0 saturated heterocycles. The van der Waals surface area contributed by atoms with Crippen molar-refractivity contribution in [2.75, 3.05) is 13.2 Å². The summed E-state index contributed by atoms with van der Waals surface area (Å²) in [5, 5.41) is 14.8. The number of rotatable bonds is 8.